The molecule has 0 saturated carbocycles. The van der Waals surface area contributed by atoms with Crippen molar-refractivity contribution in [2.75, 3.05) is 24.1 Å². The number of carbonyl (C=O) groups excluding carboxylic acids is 1. The Bertz CT molecular complexity index is 1190. The van der Waals surface area contributed by atoms with Crippen LogP contribution in [0.3, 0.4) is 0 Å². The van der Waals surface area contributed by atoms with Gasteiger partial charge in [0.2, 0.25) is 10.0 Å². The molecule has 29 heavy (non-hydrogen) atoms. The first-order valence-electron chi connectivity index (χ1n) is 9.35. The fourth-order valence-corrected chi connectivity index (χ4v) is 6.24. The van der Waals surface area contributed by atoms with Gasteiger partial charge in [-0.1, -0.05) is 0 Å². The minimum absolute atomic E-state index is 0.231. The van der Waals surface area contributed by atoms with E-state index in [4.69, 9.17) is 5.73 Å². The molecule has 1 aliphatic rings. The number of aryl methyl sites for hydroxylation is 2. The van der Waals surface area contributed by atoms with E-state index < -0.39 is 10.0 Å². The Morgan fingerprint density at radius 3 is 2.48 bits per heavy atom. The Labute approximate surface area is 173 Å². The Kier molecular flexibility index (Phi) is 5.05. The van der Waals surface area contributed by atoms with Crippen molar-refractivity contribution in [1.29, 1.82) is 0 Å². The number of benzene rings is 1. The molecule has 1 fully saturated rings. The van der Waals surface area contributed by atoms with Crippen molar-refractivity contribution in [3.63, 3.8) is 0 Å². The van der Waals surface area contributed by atoms with Crippen LogP contribution in [0.25, 0.3) is 10.2 Å². The van der Waals surface area contributed by atoms with E-state index in [2.05, 4.69) is 10.3 Å². The molecule has 1 aromatic carbocycles. The van der Waals surface area contributed by atoms with Gasteiger partial charge in [-0.15, -0.1) is 11.3 Å². The lowest BCUT2D eigenvalue weighted by Crippen LogP contribution is -2.27. The molecule has 0 bridgehead atoms. The quantitative estimate of drug-likeness (QED) is 0.659. The van der Waals surface area contributed by atoms with Crippen molar-refractivity contribution in [2.24, 2.45) is 0 Å². The van der Waals surface area contributed by atoms with Gasteiger partial charge in [0.15, 0.2) is 0 Å². The number of hydrogen-bond donors (Lipinski definition) is 2. The van der Waals surface area contributed by atoms with Crippen molar-refractivity contribution >= 4 is 48.9 Å². The van der Waals surface area contributed by atoms with Gasteiger partial charge in [0, 0.05) is 29.9 Å². The highest BCUT2D eigenvalue weighted by atomic mass is 32.2. The molecule has 0 aliphatic carbocycles. The summed E-state index contributed by atoms with van der Waals surface area (Å²) in [7, 11) is -3.47. The molecule has 2 aromatic heterocycles. The molecule has 3 N–H and O–H groups in total. The van der Waals surface area contributed by atoms with Gasteiger partial charge in [-0.3, -0.25) is 4.79 Å². The number of fused-ring (bicyclic) bond motifs is 1. The third-order valence-corrected chi connectivity index (χ3v) is 8.06. The smallest absolute Gasteiger partial charge is 0.267 e. The lowest BCUT2D eigenvalue weighted by molar-refractivity contribution is 0.103. The van der Waals surface area contributed by atoms with Gasteiger partial charge in [0.1, 0.15) is 9.71 Å². The monoisotopic (exact) mass is 430 g/mol. The number of nitrogen functional groups attached to an aromatic ring is 1. The first-order chi connectivity index (χ1) is 13.8. The number of nitrogens with two attached hydrogens (primary N) is 1. The molecular formula is C20H22N4O3S2. The van der Waals surface area contributed by atoms with Crippen molar-refractivity contribution < 1.29 is 13.2 Å². The van der Waals surface area contributed by atoms with Gasteiger partial charge in [0.05, 0.1) is 10.6 Å². The first-order valence-corrected chi connectivity index (χ1v) is 11.6. The maximum absolute atomic E-state index is 12.8. The van der Waals surface area contributed by atoms with E-state index in [-0.39, 0.29) is 10.8 Å². The first kappa shape index (κ1) is 19.8. The maximum atomic E-state index is 12.8. The number of hydrogen-bond acceptors (Lipinski definition) is 6. The number of thiophene rings is 1. The van der Waals surface area contributed by atoms with Crippen LogP contribution < -0.4 is 11.1 Å². The van der Waals surface area contributed by atoms with Crippen molar-refractivity contribution in [3.8, 4) is 0 Å². The van der Waals surface area contributed by atoms with Gasteiger partial charge < -0.3 is 11.1 Å². The van der Waals surface area contributed by atoms with Crippen molar-refractivity contribution in [2.45, 2.75) is 31.6 Å². The summed E-state index contributed by atoms with van der Waals surface area (Å²) in [6.07, 6.45) is 1.77. The minimum Gasteiger partial charge on any atom is -0.397 e. The van der Waals surface area contributed by atoms with E-state index >= 15 is 0 Å². The predicted octanol–water partition coefficient (Wildman–Crippen LogP) is 3.53. The van der Waals surface area contributed by atoms with E-state index in [1.165, 1.54) is 27.8 Å². The topological polar surface area (TPSA) is 105 Å². The molecule has 1 saturated heterocycles. The highest BCUT2D eigenvalue weighted by Crippen LogP contribution is 2.35. The molecular weight excluding hydrogens is 408 g/mol. The number of nitrogens with one attached hydrogen (secondary N) is 1. The molecule has 9 heteroatoms. The van der Waals surface area contributed by atoms with Gasteiger partial charge >= 0.3 is 0 Å². The van der Waals surface area contributed by atoms with Gasteiger partial charge in [-0.25, -0.2) is 13.4 Å². The number of anilines is 2. The lowest BCUT2D eigenvalue weighted by Gasteiger charge is -2.15. The number of rotatable bonds is 4. The third kappa shape index (κ3) is 3.61. The van der Waals surface area contributed by atoms with E-state index in [0.717, 1.165) is 34.3 Å². The molecule has 0 spiro atoms. The number of carbonyl (C=O) groups is 1. The van der Waals surface area contributed by atoms with E-state index in [1.807, 2.05) is 19.9 Å². The summed E-state index contributed by atoms with van der Waals surface area (Å²) in [6, 6.07) is 8.17. The van der Waals surface area contributed by atoms with E-state index in [0.29, 0.717) is 29.3 Å². The Morgan fingerprint density at radius 1 is 1.17 bits per heavy atom. The van der Waals surface area contributed by atoms with Crippen LogP contribution in [0.1, 0.15) is 33.8 Å². The van der Waals surface area contributed by atoms with Gasteiger partial charge in [-0.05, 0) is 62.6 Å². The standard InChI is InChI=1S/C20H22N4O3S2/c1-12-11-13(2)22-20-16(12)17(21)18(28-20)19(25)23-14-5-7-15(8-6-14)29(26,27)24-9-3-4-10-24/h5-8,11H,3-4,9-10,21H2,1-2H3,(H,23,25). The van der Waals surface area contributed by atoms with Crippen LogP contribution in [-0.2, 0) is 10.0 Å². The van der Waals surface area contributed by atoms with Crippen LogP contribution in [0.15, 0.2) is 35.2 Å². The summed E-state index contributed by atoms with van der Waals surface area (Å²) in [6.45, 7) is 4.96. The molecule has 152 valence electrons. The third-order valence-electron chi connectivity index (χ3n) is 5.05. The SMILES string of the molecule is Cc1cc(C)c2c(N)c(C(=O)Nc3ccc(S(=O)(=O)N4CCCC4)cc3)sc2n1. The number of amides is 1. The molecule has 7 nitrogen and oxygen atoms in total. The molecule has 4 rings (SSSR count). The average molecular weight is 431 g/mol. The maximum Gasteiger partial charge on any atom is 0.267 e. The van der Waals surface area contributed by atoms with Crippen LogP contribution >= 0.6 is 11.3 Å². The second kappa shape index (κ2) is 7.40. The summed E-state index contributed by atoms with van der Waals surface area (Å²) in [5.41, 5.74) is 9.00. The Hall–Kier alpha value is -2.49. The van der Waals surface area contributed by atoms with Crippen LogP contribution in [0.4, 0.5) is 11.4 Å². The molecule has 3 heterocycles. The molecule has 3 aromatic rings. The highest BCUT2D eigenvalue weighted by molar-refractivity contribution is 7.89. The van der Waals surface area contributed by atoms with E-state index in [9.17, 15) is 13.2 Å². The van der Waals surface area contributed by atoms with Crippen molar-refractivity contribution in [1.82, 2.24) is 9.29 Å². The summed E-state index contributed by atoms with van der Waals surface area (Å²) in [4.78, 5) is 18.6. The van der Waals surface area contributed by atoms with Crippen molar-refractivity contribution in [3.05, 3.63) is 46.5 Å². The van der Waals surface area contributed by atoms with Crippen LogP contribution in [-0.4, -0.2) is 36.7 Å². The highest BCUT2D eigenvalue weighted by Gasteiger charge is 2.27. The minimum atomic E-state index is -3.47. The predicted molar refractivity (Wildman–Crippen MR) is 116 cm³/mol. The van der Waals surface area contributed by atoms with Gasteiger partial charge in [0.25, 0.3) is 5.91 Å². The summed E-state index contributed by atoms with van der Waals surface area (Å²) in [5.74, 6) is -0.335. The fraction of sp³-hybridized carbons (Fsp3) is 0.300. The number of pyridine rings is 1. The molecule has 1 aliphatic heterocycles. The summed E-state index contributed by atoms with van der Waals surface area (Å²) >= 11 is 1.25. The molecule has 0 radical (unpaired) electrons. The normalized spacial score (nSPS) is 15.1. The van der Waals surface area contributed by atoms with E-state index in [1.54, 1.807) is 12.1 Å². The second-order valence-corrected chi connectivity index (χ2v) is 10.1. The number of sulfonamides is 1. The number of nitrogens with zero attached hydrogens (tertiary/aromatic N) is 2. The zero-order valence-corrected chi connectivity index (χ0v) is 17.9. The second-order valence-electron chi connectivity index (χ2n) is 7.20. The average Bonchev–Trinajstić information content (AvgIpc) is 3.31. The molecule has 1 amide bonds. The van der Waals surface area contributed by atoms with Crippen LogP contribution in [0, 0.1) is 13.8 Å². The molecule has 0 unspecified atom stereocenters. The Balaban J connectivity index is 1.57. The molecule has 0 atom stereocenters. The Morgan fingerprint density at radius 2 is 1.83 bits per heavy atom. The van der Waals surface area contributed by atoms with Crippen LogP contribution in [0.5, 0.6) is 0 Å². The lowest BCUT2D eigenvalue weighted by atomic mass is 10.1. The largest absolute Gasteiger partial charge is 0.397 e. The van der Waals surface area contributed by atoms with Crippen LogP contribution in [0.2, 0.25) is 0 Å². The summed E-state index contributed by atoms with van der Waals surface area (Å²) in [5, 5.41) is 3.60. The summed E-state index contributed by atoms with van der Waals surface area (Å²) < 4.78 is 26.7. The zero-order chi connectivity index (χ0) is 20.8. The zero-order valence-electron chi connectivity index (χ0n) is 16.2. The fourth-order valence-electron chi connectivity index (χ4n) is 3.61. The van der Waals surface area contributed by atoms with Gasteiger partial charge in [-0.2, -0.15) is 4.31 Å². The number of aromatic nitrogens is 1.